The average molecular weight is 250 g/mol. The number of hydrogen-bond donors (Lipinski definition) is 1. The maximum absolute atomic E-state index is 14.0. The molecule has 1 aliphatic rings. The molecule has 2 N–H and O–H groups in total. The van der Waals surface area contributed by atoms with Crippen molar-refractivity contribution in [2.24, 2.45) is 5.73 Å². The van der Waals surface area contributed by atoms with Crippen molar-refractivity contribution in [1.82, 2.24) is 4.90 Å². The average Bonchev–Trinajstić information content (AvgIpc) is 2.42. The molecule has 0 aromatic heterocycles. The van der Waals surface area contributed by atoms with E-state index >= 15 is 0 Å². The van der Waals surface area contributed by atoms with E-state index < -0.39 is 0 Å². The van der Waals surface area contributed by atoms with Crippen LogP contribution < -0.4 is 5.73 Å². The van der Waals surface area contributed by atoms with E-state index in [4.69, 9.17) is 5.73 Å². The van der Waals surface area contributed by atoms with Gasteiger partial charge in [-0.2, -0.15) is 0 Å². The van der Waals surface area contributed by atoms with E-state index in [9.17, 15) is 4.39 Å². The van der Waals surface area contributed by atoms with Crippen LogP contribution in [0.1, 0.15) is 44.2 Å². The summed E-state index contributed by atoms with van der Waals surface area (Å²) in [7, 11) is 0. The van der Waals surface area contributed by atoms with Crippen LogP contribution in [0.2, 0.25) is 0 Å². The van der Waals surface area contributed by atoms with Gasteiger partial charge in [-0.3, -0.25) is 4.90 Å². The highest BCUT2D eigenvalue weighted by atomic mass is 19.1. The molecule has 0 amide bonds. The number of hydrogen-bond acceptors (Lipinski definition) is 2. The first-order chi connectivity index (χ1) is 8.77. The Bertz CT molecular complexity index is 381. The number of piperidine rings is 1. The van der Waals surface area contributed by atoms with Crippen LogP contribution in [0.4, 0.5) is 4.39 Å². The Hall–Kier alpha value is -0.930. The minimum absolute atomic E-state index is 0.0919. The van der Waals surface area contributed by atoms with Gasteiger partial charge in [-0.15, -0.1) is 0 Å². The predicted octanol–water partition coefficient (Wildman–Crippen LogP) is 3.09. The van der Waals surface area contributed by atoms with E-state index in [1.165, 1.54) is 12.8 Å². The smallest absolute Gasteiger partial charge is 0.127 e. The first kappa shape index (κ1) is 13.5. The lowest BCUT2D eigenvalue weighted by atomic mass is 9.94. The summed E-state index contributed by atoms with van der Waals surface area (Å²) in [5.41, 5.74) is 6.69. The number of nitrogens with two attached hydrogens (primary N) is 1. The van der Waals surface area contributed by atoms with Crippen LogP contribution in [0.3, 0.4) is 0 Å². The third kappa shape index (κ3) is 2.73. The van der Waals surface area contributed by atoms with Crippen LogP contribution in [0.15, 0.2) is 24.3 Å². The molecule has 3 heteroatoms. The Morgan fingerprint density at radius 1 is 1.39 bits per heavy atom. The highest BCUT2D eigenvalue weighted by Gasteiger charge is 2.29. The van der Waals surface area contributed by atoms with Gasteiger partial charge in [-0.25, -0.2) is 4.39 Å². The van der Waals surface area contributed by atoms with Gasteiger partial charge >= 0.3 is 0 Å². The van der Waals surface area contributed by atoms with Crippen LogP contribution >= 0.6 is 0 Å². The molecule has 1 aromatic rings. The molecule has 1 aliphatic heterocycles. The maximum atomic E-state index is 14.0. The number of likely N-dealkylation sites (tertiary alicyclic amines) is 1. The second-order valence-corrected chi connectivity index (χ2v) is 5.07. The van der Waals surface area contributed by atoms with Crippen LogP contribution in [0, 0.1) is 5.82 Å². The second-order valence-electron chi connectivity index (χ2n) is 5.07. The van der Waals surface area contributed by atoms with Crippen molar-refractivity contribution >= 4 is 0 Å². The summed E-state index contributed by atoms with van der Waals surface area (Å²) >= 11 is 0. The molecule has 2 nitrogen and oxygen atoms in total. The fraction of sp³-hybridized carbons (Fsp3) is 0.600. The van der Waals surface area contributed by atoms with Crippen molar-refractivity contribution < 1.29 is 4.39 Å². The number of nitrogens with zero attached hydrogens (tertiary/aromatic N) is 1. The predicted molar refractivity (Wildman–Crippen MR) is 72.8 cm³/mol. The van der Waals surface area contributed by atoms with E-state index in [0.717, 1.165) is 24.9 Å². The van der Waals surface area contributed by atoms with Gasteiger partial charge in [0.1, 0.15) is 5.82 Å². The van der Waals surface area contributed by atoms with Gasteiger partial charge in [0.25, 0.3) is 0 Å². The van der Waals surface area contributed by atoms with Crippen LogP contribution in [0.5, 0.6) is 0 Å². The minimum Gasteiger partial charge on any atom is -0.329 e. The van der Waals surface area contributed by atoms with Gasteiger partial charge in [0.15, 0.2) is 0 Å². The molecule has 2 unspecified atom stereocenters. The Morgan fingerprint density at radius 2 is 2.17 bits per heavy atom. The summed E-state index contributed by atoms with van der Waals surface area (Å²) in [6.07, 6.45) is 4.51. The van der Waals surface area contributed by atoms with Gasteiger partial charge in [0, 0.05) is 24.2 Å². The van der Waals surface area contributed by atoms with Crippen molar-refractivity contribution in [3.63, 3.8) is 0 Å². The molecule has 0 spiro atoms. The summed E-state index contributed by atoms with van der Waals surface area (Å²) in [6.45, 7) is 3.83. The molecule has 1 saturated heterocycles. The lowest BCUT2D eigenvalue weighted by Crippen LogP contribution is -2.46. The lowest BCUT2D eigenvalue weighted by Gasteiger charge is -2.40. The van der Waals surface area contributed by atoms with Gasteiger partial charge in [0.2, 0.25) is 0 Å². The van der Waals surface area contributed by atoms with E-state index in [1.54, 1.807) is 12.1 Å². The van der Waals surface area contributed by atoms with Crippen LogP contribution in [-0.2, 0) is 0 Å². The molecule has 1 heterocycles. The molecule has 0 radical (unpaired) electrons. The van der Waals surface area contributed by atoms with E-state index in [2.05, 4.69) is 11.8 Å². The van der Waals surface area contributed by atoms with E-state index in [1.807, 2.05) is 12.1 Å². The first-order valence-corrected chi connectivity index (χ1v) is 6.98. The van der Waals surface area contributed by atoms with Gasteiger partial charge < -0.3 is 5.73 Å². The molecule has 2 rings (SSSR count). The van der Waals surface area contributed by atoms with Crippen LogP contribution in [-0.4, -0.2) is 24.0 Å². The Labute approximate surface area is 109 Å². The lowest BCUT2D eigenvalue weighted by molar-refractivity contribution is 0.0939. The fourth-order valence-corrected chi connectivity index (χ4v) is 3.06. The molecule has 0 aliphatic carbocycles. The highest BCUT2D eigenvalue weighted by molar-refractivity contribution is 5.21. The second kappa shape index (κ2) is 6.30. The zero-order chi connectivity index (χ0) is 13.0. The molecule has 0 saturated carbocycles. The molecule has 100 valence electrons. The van der Waals surface area contributed by atoms with Crippen molar-refractivity contribution in [3.05, 3.63) is 35.6 Å². The molecule has 18 heavy (non-hydrogen) atoms. The van der Waals surface area contributed by atoms with Gasteiger partial charge in [-0.05, 0) is 31.9 Å². The quantitative estimate of drug-likeness (QED) is 0.889. The molecule has 1 aromatic carbocycles. The van der Waals surface area contributed by atoms with Crippen molar-refractivity contribution in [1.29, 1.82) is 0 Å². The topological polar surface area (TPSA) is 29.3 Å². The van der Waals surface area contributed by atoms with Crippen molar-refractivity contribution in [2.45, 2.75) is 44.7 Å². The highest BCUT2D eigenvalue weighted by Crippen LogP contribution is 2.31. The SMILES string of the molecule is CCC(c1ccccc1F)N1CCCCC1CN. The third-order valence-electron chi connectivity index (χ3n) is 4.00. The monoisotopic (exact) mass is 250 g/mol. The normalized spacial score (nSPS) is 22.9. The summed E-state index contributed by atoms with van der Waals surface area (Å²) in [5, 5.41) is 0. The zero-order valence-corrected chi connectivity index (χ0v) is 11.1. The number of halogens is 1. The standard InChI is InChI=1S/C15H23FN2/c1-2-15(13-8-3-4-9-14(13)16)18-10-6-5-7-12(18)11-17/h3-4,8-9,12,15H,2,5-7,10-11,17H2,1H3. The molecular weight excluding hydrogens is 227 g/mol. The number of rotatable bonds is 4. The van der Waals surface area contributed by atoms with Gasteiger partial charge in [0.05, 0.1) is 0 Å². The Morgan fingerprint density at radius 3 is 2.83 bits per heavy atom. The molecular formula is C15H23FN2. The third-order valence-corrected chi connectivity index (χ3v) is 4.00. The van der Waals surface area contributed by atoms with Crippen LogP contribution in [0.25, 0.3) is 0 Å². The van der Waals surface area contributed by atoms with Crippen molar-refractivity contribution in [3.8, 4) is 0 Å². The van der Waals surface area contributed by atoms with E-state index in [0.29, 0.717) is 12.6 Å². The molecule has 2 atom stereocenters. The summed E-state index contributed by atoms with van der Waals surface area (Å²) in [5.74, 6) is -0.0919. The maximum Gasteiger partial charge on any atom is 0.127 e. The van der Waals surface area contributed by atoms with Gasteiger partial charge in [-0.1, -0.05) is 31.5 Å². The Balaban J connectivity index is 2.24. The van der Waals surface area contributed by atoms with Crippen molar-refractivity contribution in [2.75, 3.05) is 13.1 Å². The zero-order valence-electron chi connectivity index (χ0n) is 11.1. The van der Waals surface area contributed by atoms with E-state index in [-0.39, 0.29) is 11.9 Å². The molecule has 0 bridgehead atoms. The molecule has 1 fully saturated rings. The summed E-state index contributed by atoms with van der Waals surface area (Å²) < 4.78 is 14.0. The number of benzene rings is 1. The Kier molecular flexibility index (Phi) is 4.72. The minimum atomic E-state index is -0.0919. The summed E-state index contributed by atoms with van der Waals surface area (Å²) in [6, 6.07) is 7.71. The first-order valence-electron chi connectivity index (χ1n) is 6.98. The summed E-state index contributed by atoms with van der Waals surface area (Å²) in [4.78, 5) is 2.40. The largest absolute Gasteiger partial charge is 0.329 e. The fourth-order valence-electron chi connectivity index (χ4n) is 3.06.